The summed E-state index contributed by atoms with van der Waals surface area (Å²) in [5.41, 5.74) is 1.38. The van der Waals surface area contributed by atoms with Gasteiger partial charge in [0.2, 0.25) is 0 Å². The van der Waals surface area contributed by atoms with Gasteiger partial charge in [-0.3, -0.25) is 4.79 Å². The smallest absolute Gasteiger partial charge is 0.152 e. The normalized spacial score (nSPS) is 10.7. The first-order valence-electron chi connectivity index (χ1n) is 5.91. The third kappa shape index (κ3) is 2.53. The van der Waals surface area contributed by atoms with E-state index in [2.05, 4.69) is 9.97 Å². The highest BCUT2D eigenvalue weighted by molar-refractivity contribution is 7.99. The molecule has 0 saturated heterocycles. The van der Waals surface area contributed by atoms with Crippen LogP contribution in [0, 0.1) is 0 Å². The Morgan fingerprint density at radius 2 is 1.95 bits per heavy atom. The van der Waals surface area contributed by atoms with Crippen LogP contribution in [0.25, 0.3) is 10.9 Å². The Morgan fingerprint density at radius 1 is 1.10 bits per heavy atom. The molecule has 0 saturated carbocycles. The Kier molecular flexibility index (Phi) is 3.67. The van der Waals surface area contributed by atoms with Crippen molar-refractivity contribution in [3.05, 3.63) is 59.2 Å². The lowest BCUT2D eigenvalue weighted by Gasteiger charge is -2.06. The number of carbonyl (C=O) groups excluding carboxylic acids is 1. The summed E-state index contributed by atoms with van der Waals surface area (Å²) in [6.07, 6.45) is 2.47. The first-order valence-corrected chi connectivity index (χ1v) is 7.11. The summed E-state index contributed by atoms with van der Waals surface area (Å²) >= 11 is 7.38. The van der Waals surface area contributed by atoms with Crippen molar-refractivity contribution in [3.63, 3.8) is 0 Å². The van der Waals surface area contributed by atoms with Crippen molar-refractivity contribution in [1.29, 1.82) is 0 Å². The van der Waals surface area contributed by atoms with Gasteiger partial charge < -0.3 is 0 Å². The zero-order chi connectivity index (χ0) is 13.9. The molecule has 2 heterocycles. The molecule has 0 aliphatic heterocycles. The van der Waals surface area contributed by atoms with Crippen LogP contribution in [0.2, 0.25) is 5.02 Å². The molecule has 0 spiro atoms. The van der Waals surface area contributed by atoms with Crippen LogP contribution >= 0.6 is 23.4 Å². The van der Waals surface area contributed by atoms with Crippen molar-refractivity contribution in [1.82, 2.24) is 9.97 Å². The van der Waals surface area contributed by atoms with Crippen molar-refractivity contribution in [2.45, 2.75) is 10.1 Å². The second-order valence-corrected chi connectivity index (χ2v) is 5.47. The number of fused-ring (bicyclic) bond motifs is 1. The number of carbonyl (C=O) groups is 1. The van der Waals surface area contributed by atoms with Crippen molar-refractivity contribution in [2.24, 2.45) is 0 Å². The van der Waals surface area contributed by atoms with Gasteiger partial charge in [-0.25, -0.2) is 9.97 Å². The second kappa shape index (κ2) is 5.61. The summed E-state index contributed by atoms with van der Waals surface area (Å²) in [6, 6.07) is 13.0. The van der Waals surface area contributed by atoms with Crippen molar-refractivity contribution in [3.8, 4) is 0 Å². The number of nitrogens with zero attached hydrogens (tertiary/aromatic N) is 2. The molecular formula is C15H9ClN2OS. The second-order valence-electron chi connectivity index (χ2n) is 4.09. The summed E-state index contributed by atoms with van der Waals surface area (Å²) in [5, 5.41) is 2.73. The molecule has 1 aromatic carbocycles. The van der Waals surface area contributed by atoms with Crippen molar-refractivity contribution in [2.75, 3.05) is 0 Å². The topological polar surface area (TPSA) is 42.9 Å². The summed E-state index contributed by atoms with van der Waals surface area (Å²) in [6.45, 7) is 0. The van der Waals surface area contributed by atoms with Crippen molar-refractivity contribution >= 4 is 40.6 Å². The van der Waals surface area contributed by atoms with Gasteiger partial charge >= 0.3 is 0 Å². The Balaban J connectivity index is 2.10. The minimum absolute atomic E-state index is 0.537. The maximum absolute atomic E-state index is 11.2. The van der Waals surface area contributed by atoms with E-state index >= 15 is 0 Å². The first kappa shape index (κ1) is 13.1. The number of benzene rings is 1. The van der Waals surface area contributed by atoms with Gasteiger partial charge in [-0.05, 0) is 36.0 Å². The SMILES string of the molecule is O=Cc1cc2ccccc2nc1Sc1ncccc1Cl. The molecule has 0 fully saturated rings. The van der Waals surface area contributed by atoms with Gasteiger partial charge in [-0.15, -0.1) is 0 Å². The minimum Gasteiger partial charge on any atom is -0.298 e. The number of hydrogen-bond donors (Lipinski definition) is 0. The molecule has 2 aromatic heterocycles. The first-order chi connectivity index (χ1) is 9.78. The maximum Gasteiger partial charge on any atom is 0.152 e. The molecule has 0 amide bonds. The monoisotopic (exact) mass is 300 g/mol. The zero-order valence-corrected chi connectivity index (χ0v) is 11.9. The van der Waals surface area contributed by atoms with E-state index in [9.17, 15) is 4.79 Å². The van der Waals surface area contributed by atoms with Crippen LogP contribution in [-0.4, -0.2) is 16.3 Å². The standard InChI is InChI=1S/C15H9ClN2OS/c16-12-5-3-7-17-15(12)20-14-11(9-19)8-10-4-1-2-6-13(10)18-14/h1-9H. The van der Waals surface area contributed by atoms with Gasteiger partial charge in [0.1, 0.15) is 10.1 Å². The molecule has 5 heteroatoms. The number of rotatable bonds is 3. The Bertz CT molecular complexity index is 792. The number of aromatic nitrogens is 2. The third-order valence-corrected chi connectivity index (χ3v) is 4.22. The lowest BCUT2D eigenvalue weighted by Crippen LogP contribution is -1.92. The molecule has 0 aliphatic rings. The van der Waals surface area contributed by atoms with E-state index in [-0.39, 0.29) is 0 Å². The van der Waals surface area contributed by atoms with Crippen molar-refractivity contribution < 1.29 is 4.79 Å². The van der Waals surface area contributed by atoms with Crippen LogP contribution in [0.15, 0.2) is 58.7 Å². The van der Waals surface area contributed by atoms with Gasteiger partial charge in [0.05, 0.1) is 10.5 Å². The zero-order valence-electron chi connectivity index (χ0n) is 10.3. The highest BCUT2D eigenvalue weighted by Crippen LogP contribution is 2.32. The average Bonchev–Trinajstić information content (AvgIpc) is 2.49. The molecule has 3 nitrogen and oxygen atoms in total. The van der Waals surface area contributed by atoms with Crippen LogP contribution in [0.1, 0.15) is 10.4 Å². The van der Waals surface area contributed by atoms with Crippen LogP contribution < -0.4 is 0 Å². The molecule has 0 radical (unpaired) electrons. The molecule has 0 atom stereocenters. The predicted octanol–water partition coefficient (Wildman–Crippen LogP) is 4.25. The van der Waals surface area contributed by atoms with Crippen LogP contribution in [-0.2, 0) is 0 Å². The fourth-order valence-electron chi connectivity index (χ4n) is 1.82. The molecule has 0 aliphatic carbocycles. The van der Waals surface area contributed by atoms with Gasteiger partial charge in [-0.1, -0.05) is 29.8 Å². The summed E-state index contributed by atoms with van der Waals surface area (Å²) < 4.78 is 0. The Hall–Kier alpha value is -1.91. The highest BCUT2D eigenvalue weighted by Gasteiger charge is 2.11. The van der Waals surface area contributed by atoms with Crippen LogP contribution in [0.4, 0.5) is 0 Å². The average molecular weight is 301 g/mol. The number of halogens is 1. The van der Waals surface area contributed by atoms with Gasteiger partial charge in [-0.2, -0.15) is 0 Å². The fourth-order valence-corrected chi connectivity index (χ4v) is 2.89. The number of hydrogen-bond acceptors (Lipinski definition) is 4. The summed E-state index contributed by atoms with van der Waals surface area (Å²) in [4.78, 5) is 20.0. The molecule has 0 unspecified atom stereocenters. The number of pyridine rings is 2. The molecule has 98 valence electrons. The highest BCUT2D eigenvalue weighted by atomic mass is 35.5. The lowest BCUT2D eigenvalue weighted by molar-refractivity contribution is 0.112. The molecule has 0 N–H and O–H groups in total. The summed E-state index contributed by atoms with van der Waals surface area (Å²) in [7, 11) is 0. The molecule has 20 heavy (non-hydrogen) atoms. The molecular weight excluding hydrogens is 292 g/mol. The van der Waals surface area contributed by atoms with E-state index in [1.165, 1.54) is 11.8 Å². The minimum atomic E-state index is 0.537. The lowest BCUT2D eigenvalue weighted by atomic mass is 10.2. The van der Waals surface area contributed by atoms with E-state index in [1.807, 2.05) is 30.3 Å². The maximum atomic E-state index is 11.2. The van der Waals surface area contributed by atoms with E-state index < -0.39 is 0 Å². The Labute approximate surface area is 125 Å². The number of para-hydroxylation sites is 1. The van der Waals surface area contributed by atoms with Crippen LogP contribution in [0.5, 0.6) is 0 Å². The third-order valence-electron chi connectivity index (χ3n) is 2.76. The molecule has 3 aromatic rings. The van der Waals surface area contributed by atoms with Gasteiger partial charge in [0.15, 0.2) is 6.29 Å². The van der Waals surface area contributed by atoms with E-state index in [1.54, 1.807) is 18.3 Å². The van der Waals surface area contributed by atoms with Gasteiger partial charge in [0.25, 0.3) is 0 Å². The number of aldehydes is 1. The molecule has 0 bridgehead atoms. The Morgan fingerprint density at radius 3 is 2.75 bits per heavy atom. The van der Waals surface area contributed by atoms with Crippen LogP contribution in [0.3, 0.4) is 0 Å². The molecule has 3 rings (SSSR count). The summed E-state index contributed by atoms with van der Waals surface area (Å²) in [5.74, 6) is 0. The quantitative estimate of drug-likeness (QED) is 0.678. The largest absolute Gasteiger partial charge is 0.298 e. The van der Waals surface area contributed by atoms with E-state index in [4.69, 9.17) is 11.6 Å². The van der Waals surface area contributed by atoms with Gasteiger partial charge in [0, 0.05) is 17.1 Å². The van der Waals surface area contributed by atoms with E-state index in [0.717, 1.165) is 17.2 Å². The van der Waals surface area contributed by atoms with E-state index in [0.29, 0.717) is 20.6 Å². The predicted molar refractivity (Wildman–Crippen MR) is 80.5 cm³/mol. The fraction of sp³-hybridized carbons (Fsp3) is 0.